The molecule has 2 aromatic carbocycles. The molecule has 1 aliphatic rings. The van der Waals surface area contributed by atoms with Gasteiger partial charge >= 0.3 is 0 Å². The van der Waals surface area contributed by atoms with E-state index in [4.69, 9.17) is 0 Å². The number of pyridine rings is 1. The van der Waals surface area contributed by atoms with Crippen molar-refractivity contribution in [2.45, 2.75) is 6.04 Å². The average molecular weight is 374 g/mol. The molecule has 28 heavy (non-hydrogen) atoms. The Balaban J connectivity index is 1.95. The summed E-state index contributed by atoms with van der Waals surface area (Å²) in [5.41, 5.74) is 1.28. The molecule has 6 heteroatoms. The minimum atomic E-state index is -0.898. The number of anilines is 1. The molecule has 3 aromatic rings. The van der Waals surface area contributed by atoms with E-state index in [-0.39, 0.29) is 11.3 Å². The third kappa shape index (κ3) is 2.95. The smallest absolute Gasteiger partial charge is 0.300 e. The third-order valence-electron chi connectivity index (χ3n) is 4.60. The molecule has 1 amide bonds. The van der Waals surface area contributed by atoms with Crippen LogP contribution in [0, 0.1) is 5.82 Å². The quantitative estimate of drug-likeness (QED) is 0.430. The van der Waals surface area contributed by atoms with Gasteiger partial charge in [0.2, 0.25) is 0 Å². The van der Waals surface area contributed by atoms with E-state index >= 15 is 0 Å². The van der Waals surface area contributed by atoms with E-state index in [1.165, 1.54) is 35.4 Å². The number of hydrogen-bond donors (Lipinski definition) is 1. The number of Topliss-reactive ketones (excluding diaryl/α,β-unsaturated/α-hetero) is 1. The summed E-state index contributed by atoms with van der Waals surface area (Å²) in [5.74, 6) is -2.30. The molecule has 1 atom stereocenters. The minimum Gasteiger partial charge on any atom is -0.507 e. The first-order valence-corrected chi connectivity index (χ1v) is 8.60. The molecule has 2 heterocycles. The topological polar surface area (TPSA) is 70.5 Å². The van der Waals surface area contributed by atoms with E-state index in [9.17, 15) is 19.1 Å². The van der Waals surface area contributed by atoms with Crippen LogP contribution in [0.4, 0.5) is 10.1 Å². The standard InChI is InChI=1S/C22H15FN2O3/c23-16-10-8-14(9-11-16)19-18(20(26)15-5-2-1-3-6-15)21(27)22(28)25(19)17-7-4-12-24-13-17/h1-13,19,26H/b20-18+/t19-/m1/s1. The first-order valence-electron chi connectivity index (χ1n) is 8.60. The Hall–Kier alpha value is -3.80. The maximum atomic E-state index is 13.4. The van der Waals surface area contributed by atoms with Gasteiger partial charge in [-0.15, -0.1) is 0 Å². The lowest BCUT2D eigenvalue weighted by atomic mass is 9.95. The first kappa shape index (κ1) is 17.6. The normalized spacial score (nSPS) is 18.5. The highest BCUT2D eigenvalue weighted by Gasteiger charge is 2.47. The number of benzene rings is 2. The molecule has 0 bridgehead atoms. The van der Waals surface area contributed by atoms with E-state index < -0.39 is 23.5 Å². The molecule has 0 spiro atoms. The van der Waals surface area contributed by atoms with E-state index in [1.54, 1.807) is 48.7 Å². The summed E-state index contributed by atoms with van der Waals surface area (Å²) in [6.45, 7) is 0. The number of carbonyl (C=O) groups is 2. The summed E-state index contributed by atoms with van der Waals surface area (Å²) in [6, 6.07) is 16.4. The van der Waals surface area contributed by atoms with Crippen molar-refractivity contribution in [1.82, 2.24) is 4.98 Å². The minimum absolute atomic E-state index is 0.0494. The van der Waals surface area contributed by atoms with Crippen LogP contribution in [0.5, 0.6) is 0 Å². The number of nitrogens with zero attached hydrogens (tertiary/aromatic N) is 2. The Morgan fingerprint density at radius 2 is 1.68 bits per heavy atom. The average Bonchev–Trinajstić information content (AvgIpc) is 3.00. The summed E-state index contributed by atoms with van der Waals surface area (Å²) in [6.07, 6.45) is 3.02. The van der Waals surface area contributed by atoms with Crippen LogP contribution < -0.4 is 4.90 Å². The third-order valence-corrected chi connectivity index (χ3v) is 4.60. The van der Waals surface area contributed by atoms with Crippen LogP contribution in [0.1, 0.15) is 17.2 Å². The van der Waals surface area contributed by atoms with Crippen molar-refractivity contribution in [2.24, 2.45) is 0 Å². The first-order chi connectivity index (χ1) is 13.6. The molecule has 1 N–H and O–H groups in total. The van der Waals surface area contributed by atoms with Gasteiger partial charge in [-0.2, -0.15) is 0 Å². The maximum Gasteiger partial charge on any atom is 0.300 e. The highest BCUT2D eigenvalue weighted by Crippen LogP contribution is 2.41. The molecule has 1 fully saturated rings. The number of halogens is 1. The lowest BCUT2D eigenvalue weighted by molar-refractivity contribution is -0.132. The summed E-state index contributed by atoms with van der Waals surface area (Å²) in [4.78, 5) is 31.0. The largest absolute Gasteiger partial charge is 0.507 e. The predicted molar refractivity (Wildman–Crippen MR) is 102 cm³/mol. The number of rotatable bonds is 3. The Kier molecular flexibility index (Phi) is 4.45. The summed E-state index contributed by atoms with van der Waals surface area (Å²) in [7, 11) is 0. The number of carbonyl (C=O) groups excluding carboxylic acids is 2. The van der Waals surface area contributed by atoms with E-state index in [1.807, 2.05) is 0 Å². The fourth-order valence-electron chi connectivity index (χ4n) is 3.31. The number of aromatic nitrogens is 1. The molecule has 0 aliphatic carbocycles. The fourth-order valence-corrected chi connectivity index (χ4v) is 3.31. The molecule has 0 unspecified atom stereocenters. The zero-order chi connectivity index (χ0) is 19.7. The molecule has 5 nitrogen and oxygen atoms in total. The fraction of sp³-hybridized carbons (Fsp3) is 0.0455. The van der Waals surface area contributed by atoms with Gasteiger partial charge in [-0.3, -0.25) is 19.5 Å². The molecule has 0 saturated carbocycles. The van der Waals surface area contributed by atoms with Crippen molar-refractivity contribution in [3.63, 3.8) is 0 Å². The van der Waals surface area contributed by atoms with Gasteiger partial charge in [-0.05, 0) is 29.8 Å². The van der Waals surface area contributed by atoms with Crippen LogP contribution in [0.15, 0.2) is 84.7 Å². The number of hydrogen-bond acceptors (Lipinski definition) is 4. The summed E-state index contributed by atoms with van der Waals surface area (Å²) < 4.78 is 13.4. The molecule has 138 valence electrons. The lowest BCUT2D eigenvalue weighted by Crippen LogP contribution is -2.29. The van der Waals surface area contributed by atoms with Crippen LogP contribution in [-0.2, 0) is 9.59 Å². The zero-order valence-electron chi connectivity index (χ0n) is 14.6. The van der Waals surface area contributed by atoms with Gasteiger partial charge in [0.1, 0.15) is 11.6 Å². The van der Waals surface area contributed by atoms with Gasteiger partial charge in [0, 0.05) is 11.8 Å². The van der Waals surface area contributed by atoms with Crippen LogP contribution >= 0.6 is 0 Å². The number of amides is 1. The van der Waals surface area contributed by atoms with Crippen molar-refractivity contribution in [2.75, 3.05) is 4.90 Å². The second-order valence-corrected chi connectivity index (χ2v) is 6.30. The molecule has 1 aliphatic heterocycles. The maximum absolute atomic E-state index is 13.4. The monoisotopic (exact) mass is 374 g/mol. The van der Waals surface area contributed by atoms with E-state index in [0.29, 0.717) is 16.8 Å². The molecule has 0 radical (unpaired) electrons. The Morgan fingerprint density at radius 1 is 0.964 bits per heavy atom. The van der Waals surface area contributed by atoms with Crippen molar-refractivity contribution in [3.05, 3.63) is 102 Å². The molecule has 1 saturated heterocycles. The molecular weight excluding hydrogens is 359 g/mol. The Morgan fingerprint density at radius 3 is 2.32 bits per heavy atom. The van der Waals surface area contributed by atoms with Crippen LogP contribution in [-0.4, -0.2) is 21.8 Å². The van der Waals surface area contributed by atoms with E-state index in [2.05, 4.69) is 4.98 Å². The van der Waals surface area contributed by atoms with Crippen LogP contribution in [0.25, 0.3) is 5.76 Å². The predicted octanol–water partition coefficient (Wildman–Crippen LogP) is 3.85. The Bertz CT molecular complexity index is 1060. The van der Waals surface area contributed by atoms with Gasteiger partial charge in [-0.1, -0.05) is 42.5 Å². The van der Waals surface area contributed by atoms with Crippen molar-refractivity contribution < 1.29 is 19.1 Å². The Labute approximate surface area is 160 Å². The van der Waals surface area contributed by atoms with Crippen molar-refractivity contribution in [1.29, 1.82) is 0 Å². The summed E-state index contributed by atoms with van der Waals surface area (Å²) in [5, 5.41) is 10.8. The lowest BCUT2D eigenvalue weighted by Gasteiger charge is -2.25. The number of ketones is 1. The van der Waals surface area contributed by atoms with Crippen molar-refractivity contribution in [3.8, 4) is 0 Å². The second kappa shape index (κ2) is 7.08. The van der Waals surface area contributed by atoms with Gasteiger partial charge < -0.3 is 5.11 Å². The second-order valence-electron chi connectivity index (χ2n) is 6.30. The van der Waals surface area contributed by atoms with Crippen LogP contribution in [0.3, 0.4) is 0 Å². The molecule has 1 aromatic heterocycles. The van der Waals surface area contributed by atoms with Gasteiger partial charge in [0.25, 0.3) is 11.7 Å². The highest BCUT2D eigenvalue weighted by molar-refractivity contribution is 6.51. The van der Waals surface area contributed by atoms with Gasteiger partial charge in [0.15, 0.2) is 0 Å². The molecule has 4 rings (SSSR count). The molecular formula is C22H15FN2O3. The zero-order valence-corrected chi connectivity index (χ0v) is 14.6. The number of aliphatic hydroxyl groups excluding tert-OH is 1. The van der Waals surface area contributed by atoms with Gasteiger partial charge in [-0.25, -0.2) is 4.39 Å². The highest BCUT2D eigenvalue weighted by atomic mass is 19.1. The van der Waals surface area contributed by atoms with Crippen molar-refractivity contribution >= 4 is 23.1 Å². The SMILES string of the molecule is O=C1C(=O)N(c2cccnc2)[C@H](c2ccc(F)cc2)/C1=C(\O)c1ccccc1. The number of aliphatic hydroxyl groups is 1. The van der Waals surface area contributed by atoms with Gasteiger partial charge in [0.05, 0.1) is 23.5 Å². The van der Waals surface area contributed by atoms with E-state index in [0.717, 1.165) is 0 Å². The summed E-state index contributed by atoms with van der Waals surface area (Å²) >= 11 is 0. The van der Waals surface area contributed by atoms with Crippen LogP contribution in [0.2, 0.25) is 0 Å².